The monoisotopic (exact) mass is 317 g/mol. The predicted octanol–water partition coefficient (Wildman–Crippen LogP) is 3.47. The highest BCUT2D eigenvalue weighted by Gasteiger charge is 2.17. The van der Waals surface area contributed by atoms with Crippen molar-refractivity contribution in [3.05, 3.63) is 33.4 Å². The molecule has 0 aromatic heterocycles. The highest BCUT2D eigenvalue weighted by atomic mass is 127. The molecule has 0 amide bonds. The zero-order chi connectivity index (χ0) is 11.3. The molecule has 0 aliphatic heterocycles. The molecule has 0 atom stereocenters. The summed E-state index contributed by atoms with van der Waals surface area (Å²) in [6.45, 7) is 5.77. The lowest BCUT2D eigenvalue weighted by Gasteiger charge is -2.24. The Morgan fingerprint density at radius 2 is 1.80 bits per heavy atom. The molecule has 1 rings (SSSR count). The Kier molecular flexibility index (Phi) is 5.06. The van der Waals surface area contributed by atoms with Gasteiger partial charge in [-0.25, -0.2) is 0 Å². The molecule has 0 spiro atoms. The Morgan fingerprint density at radius 3 is 2.33 bits per heavy atom. The summed E-state index contributed by atoms with van der Waals surface area (Å²) in [6.07, 6.45) is 2.38. The van der Waals surface area contributed by atoms with Gasteiger partial charge in [0.1, 0.15) is 0 Å². The SMILES string of the molecule is CNCCC(C)(C)Cc1ccc(I)cc1. The van der Waals surface area contributed by atoms with Crippen molar-refractivity contribution in [3.63, 3.8) is 0 Å². The van der Waals surface area contributed by atoms with Gasteiger partial charge in [0.25, 0.3) is 0 Å². The highest BCUT2D eigenvalue weighted by molar-refractivity contribution is 14.1. The number of halogens is 1. The molecule has 84 valence electrons. The van der Waals surface area contributed by atoms with E-state index in [1.54, 1.807) is 0 Å². The first-order valence-corrected chi connectivity index (χ1v) is 6.50. The molecule has 2 heteroatoms. The fraction of sp³-hybridized carbons (Fsp3) is 0.538. The van der Waals surface area contributed by atoms with Crippen molar-refractivity contribution < 1.29 is 0 Å². The van der Waals surface area contributed by atoms with Crippen LogP contribution < -0.4 is 5.32 Å². The highest BCUT2D eigenvalue weighted by Crippen LogP contribution is 2.25. The van der Waals surface area contributed by atoms with Crippen LogP contribution in [-0.4, -0.2) is 13.6 Å². The van der Waals surface area contributed by atoms with Crippen molar-refractivity contribution in [3.8, 4) is 0 Å². The largest absolute Gasteiger partial charge is 0.320 e. The Morgan fingerprint density at radius 1 is 1.20 bits per heavy atom. The average molecular weight is 317 g/mol. The molecule has 1 nitrogen and oxygen atoms in total. The molecule has 1 aromatic rings. The van der Waals surface area contributed by atoms with Gasteiger partial charge in [-0.05, 0) is 72.1 Å². The second-order valence-electron chi connectivity index (χ2n) is 4.82. The van der Waals surface area contributed by atoms with Gasteiger partial charge >= 0.3 is 0 Å². The maximum atomic E-state index is 3.22. The summed E-state index contributed by atoms with van der Waals surface area (Å²) in [7, 11) is 2.01. The maximum Gasteiger partial charge on any atom is 0.0130 e. The Bertz CT molecular complexity index is 290. The second-order valence-corrected chi connectivity index (χ2v) is 6.07. The average Bonchev–Trinajstić information content (AvgIpc) is 2.18. The van der Waals surface area contributed by atoms with Gasteiger partial charge in [-0.15, -0.1) is 0 Å². The Labute approximate surface area is 107 Å². The fourth-order valence-corrected chi connectivity index (χ4v) is 2.07. The molecule has 15 heavy (non-hydrogen) atoms. The van der Waals surface area contributed by atoms with E-state index in [-0.39, 0.29) is 0 Å². The molecule has 0 fully saturated rings. The van der Waals surface area contributed by atoms with Gasteiger partial charge in [-0.2, -0.15) is 0 Å². The zero-order valence-electron chi connectivity index (χ0n) is 9.81. The van der Waals surface area contributed by atoms with Gasteiger partial charge in [0.15, 0.2) is 0 Å². The molecule has 0 aliphatic carbocycles. The van der Waals surface area contributed by atoms with E-state index in [0.29, 0.717) is 5.41 Å². The molecule has 0 unspecified atom stereocenters. The van der Waals surface area contributed by atoms with Crippen LogP contribution in [0.1, 0.15) is 25.8 Å². The second kappa shape index (κ2) is 5.85. The van der Waals surface area contributed by atoms with Crippen LogP contribution >= 0.6 is 22.6 Å². The molecule has 0 saturated heterocycles. The third-order valence-electron chi connectivity index (χ3n) is 2.65. The Hall–Kier alpha value is -0.0900. The zero-order valence-corrected chi connectivity index (χ0v) is 12.0. The summed E-state index contributed by atoms with van der Waals surface area (Å²) >= 11 is 2.35. The van der Waals surface area contributed by atoms with Crippen LogP contribution in [0.4, 0.5) is 0 Å². The van der Waals surface area contributed by atoms with E-state index in [9.17, 15) is 0 Å². The van der Waals surface area contributed by atoms with Crippen molar-refractivity contribution >= 4 is 22.6 Å². The van der Waals surface area contributed by atoms with Gasteiger partial charge in [0, 0.05) is 3.57 Å². The Balaban J connectivity index is 2.56. The van der Waals surface area contributed by atoms with Crippen molar-refractivity contribution in [2.24, 2.45) is 5.41 Å². The predicted molar refractivity (Wildman–Crippen MR) is 75.2 cm³/mol. The molecule has 0 bridgehead atoms. The molecule has 0 heterocycles. The van der Waals surface area contributed by atoms with E-state index in [1.807, 2.05) is 7.05 Å². The first kappa shape index (κ1) is 13.0. The van der Waals surface area contributed by atoms with Gasteiger partial charge in [-0.1, -0.05) is 26.0 Å². The van der Waals surface area contributed by atoms with Crippen LogP contribution in [0.5, 0.6) is 0 Å². The summed E-state index contributed by atoms with van der Waals surface area (Å²) in [5, 5.41) is 3.22. The van der Waals surface area contributed by atoms with Crippen LogP contribution in [0.15, 0.2) is 24.3 Å². The van der Waals surface area contributed by atoms with Gasteiger partial charge in [0.2, 0.25) is 0 Å². The van der Waals surface area contributed by atoms with E-state index in [0.717, 1.165) is 13.0 Å². The first-order chi connectivity index (χ1) is 7.03. The van der Waals surface area contributed by atoms with Crippen LogP contribution in [0.2, 0.25) is 0 Å². The lowest BCUT2D eigenvalue weighted by molar-refractivity contribution is 0.329. The van der Waals surface area contributed by atoms with Crippen molar-refractivity contribution in [2.45, 2.75) is 26.7 Å². The summed E-state index contributed by atoms with van der Waals surface area (Å²) < 4.78 is 1.31. The molecule has 0 aliphatic rings. The van der Waals surface area contributed by atoms with Crippen LogP contribution in [0.3, 0.4) is 0 Å². The fourth-order valence-electron chi connectivity index (χ4n) is 1.71. The molecule has 0 radical (unpaired) electrons. The lowest BCUT2D eigenvalue weighted by Crippen LogP contribution is -2.21. The molecular formula is C13H20IN. The van der Waals surface area contributed by atoms with Gasteiger partial charge in [-0.3, -0.25) is 0 Å². The topological polar surface area (TPSA) is 12.0 Å². The standard InChI is InChI=1S/C13H20IN/c1-13(2,8-9-15-3)10-11-4-6-12(14)7-5-11/h4-7,15H,8-10H2,1-3H3. The minimum atomic E-state index is 0.385. The smallest absolute Gasteiger partial charge is 0.0130 e. The van der Waals surface area contributed by atoms with Crippen LogP contribution in [0, 0.1) is 8.99 Å². The van der Waals surface area contributed by atoms with E-state index in [2.05, 4.69) is 66.0 Å². The summed E-state index contributed by atoms with van der Waals surface area (Å²) in [5.41, 5.74) is 1.83. The maximum absolute atomic E-state index is 3.22. The van der Waals surface area contributed by atoms with E-state index in [4.69, 9.17) is 0 Å². The molecule has 1 N–H and O–H groups in total. The van der Waals surface area contributed by atoms with E-state index < -0.39 is 0 Å². The van der Waals surface area contributed by atoms with Gasteiger partial charge in [0.05, 0.1) is 0 Å². The van der Waals surface area contributed by atoms with E-state index in [1.165, 1.54) is 15.6 Å². The van der Waals surface area contributed by atoms with Gasteiger partial charge < -0.3 is 5.32 Å². The molecular weight excluding hydrogens is 297 g/mol. The number of rotatable bonds is 5. The number of nitrogens with one attached hydrogen (secondary N) is 1. The third-order valence-corrected chi connectivity index (χ3v) is 3.37. The molecule has 0 saturated carbocycles. The minimum absolute atomic E-state index is 0.385. The van der Waals surface area contributed by atoms with E-state index >= 15 is 0 Å². The lowest BCUT2D eigenvalue weighted by atomic mass is 9.83. The number of hydrogen-bond acceptors (Lipinski definition) is 1. The summed E-state index contributed by atoms with van der Waals surface area (Å²) in [4.78, 5) is 0. The molecule has 1 aromatic carbocycles. The number of benzene rings is 1. The number of hydrogen-bond donors (Lipinski definition) is 1. The summed E-state index contributed by atoms with van der Waals surface area (Å²) in [5.74, 6) is 0. The van der Waals surface area contributed by atoms with Crippen molar-refractivity contribution in [1.29, 1.82) is 0 Å². The normalized spacial score (nSPS) is 11.7. The first-order valence-electron chi connectivity index (χ1n) is 5.42. The quantitative estimate of drug-likeness (QED) is 0.820. The summed E-state index contributed by atoms with van der Waals surface area (Å²) in [6, 6.07) is 8.85. The van der Waals surface area contributed by atoms with Crippen LogP contribution in [-0.2, 0) is 6.42 Å². The van der Waals surface area contributed by atoms with Crippen LogP contribution in [0.25, 0.3) is 0 Å². The third kappa shape index (κ3) is 4.98. The van der Waals surface area contributed by atoms with Crippen molar-refractivity contribution in [2.75, 3.05) is 13.6 Å². The minimum Gasteiger partial charge on any atom is -0.320 e. The van der Waals surface area contributed by atoms with Crippen molar-refractivity contribution in [1.82, 2.24) is 5.32 Å².